The van der Waals surface area contributed by atoms with Gasteiger partial charge in [0.25, 0.3) is 0 Å². The fourth-order valence-electron chi connectivity index (χ4n) is 2.12. The molecule has 1 aliphatic heterocycles. The van der Waals surface area contributed by atoms with E-state index in [1.165, 1.54) is 10.4 Å². The number of nitrogens with two attached hydrogens (primary N) is 1. The molecule has 2 N–H and O–H groups in total. The van der Waals surface area contributed by atoms with Gasteiger partial charge in [0.05, 0.1) is 12.7 Å². The summed E-state index contributed by atoms with van der Waals surface area (Å²) < 4.78 is 5.82. The van der Waals surface area contributed by atoms with Gasteiger partial charge in [0.1, 0.15) is 0 Å². The van der Waals surface area contributed by atoms with Crippen LogP contribution < -0.4 is 5.73 Å². The number of morpholine rings is 1. The first-order valence-electron chi connectivity index (χ1n) is 5.87. The van der Waals surface area contributed by atoms with Gasteiger partial charge < -0.3 is 10.5 Å². The van der Waals surface area contributed by atoms with E-state index in [0.29, 0.717) is 5.13 Å². The lowest BCUT2D eigenvalue weighted by molar-refractivity contribution is -0.0324. The van der Waals surface area contributed by atoms with Gasteiger partial charge in [0.15, 0.2) is 5.13 Å². The van der Waals surface area contributed by atoms with Gasteiger partial charge in [-0.05, 0) is 22.4 Å². The molecule has 0 amide bonds. The van der Waals surface area contributed by atoms with E-state index in [4.69, 9.17) is 10.5 Å². The summed E-state index contributed by atoms with van der Waals surface area (Å²) in [6.45, 7) is 3.61. The molecule has 1 saturated heterocycles. The molecule has 1 unspecified atom stereocenters. The van der Waals surface area contributed by atoms with Gasteiger partial charge in [-0.2, -0.15) is 11.3 Å². The number of hydrogen-bond donors (Lipinski definition) is 1. The molecule has 0 bridgehead atoms. The summed E-state index contributed by atoms with van der Waals surface area (Å²) in [6, 6.07) is 2.14. The monoisotopic (exact) mass is 281 g/mol. The molecule has 1 aliphatic rings. The molecule has 6 heteroatoms. The second-order valence-corrected chi connectivity index (χ2v) is 6.24. The van der Waals surface area contributed by atoms with Gasteiger partial charge in [-0.15, -0.1) is 11.3 Å². The molecule has 3 rings (SSSR count). The van der Waals surface area contributed by atoms with Crippen molar-refractivity contribution in [1.82, 2.24) is 9.88 Å². The van der Waals surface area contributed by atoms with E-state index in [0.717, 1.165) is 26.2 Å². The zero-order chi connectivity index (χ0) is 12.4. The van der Waals surface area contributed by atoms with Crippen LogP contribution in [0.25, 0.3) is 0 Å². The van der Waals surface area contributed by atoms with Crippen molar-refractivity contribution in [2.24, 2.45) is 0 Å². The minimum Gasteiger partial charge on any atom is -0.375 e. The number of anilines is 1. The van der Waals surface area contributed by atoms with Gasteiger partial charge in [-0.3, -0.25) is 4.90 Å². The van der Waals surface area contributed by atoms with E-state index in [2.05, 4.69) is 26.7 Å². The smallest absolute Gasteiger partial charge is 0.180 e. The van der Waals surface area contributed by atoms with E-state index in [9.17, 15) is 0 Å². The molecule has 96 valence electrons. The molecule has 4 nitrogen and oxygen atoms in total. The van der Waals surface area contributed by atoms with Crippen molar-refractivity contribution in [3.63, 3.8) is 0 Å². The molecule has 1 atom stereocenters. The fourth-order valence-corrected chi connectivity index (χ4v) is 3.55. The molecule has 0 aliphatic carbocycles. The second kappa shape index (κ2) is 5.36. The van der Waals surface area contributed by atoms with Crippen molar-refractivity contribution in [1.29, 1.82) is 0 Å². The van der Waals surface area contributed by atoms with Gasteiger partial charge in [-0.25, -0.2) is 4.98 Å². The molecule has 0 radical (unpaired) electrons. The summed E-state index contributed by atoms with van der Waals surface area (Å²) in [5.41, 5.74) is 6.94. The first-order valence-corrected chi connectivity index (χ1v) is 7.63. The highest BCUT2D eigenvalue weighted by molar-refractivity contribution is 7.15. The Morgan fingerprint density at radius 1 is 1.56 bits per heavy atom. The average Bonchev–Trinajstić information content (AvgIpc) is 3.01. The molecule has 1 fully saturated rings. The highest BCUT2D eigenvalue weighted by Gasteiger charge is 2.22. The molecular formula is C12H15N3OS2. The maximum Gasteiger partial charge on any atom is 0.180 e. The van der Waals surface area contributed by atoms with Gasteiger partial charge in [-0.1, -0.05) is 0 Å². The predicted molar refractivity (Wildman–Crippen MR) is 74.8 cm³/mol. The van der Waals surface area contributed by atoms with Crippen molar-refractivity contribution in [3.05, 3.63) is 33.5 Å². The van der Waals surface area contributed by atoms with Crippen LogP contribution in [0.2, 0.25) is 0 Å². The third-order valence-electron chi connectivity index (χ3n) is 3.02. The number of aromatic nitrogens is 1. The number of rotatable bonds is 3. The zero-order valence-corrected chi connectivity index (χ0v) is 11.5. The van der Waals surface area contributed by atoms with Crippen molar-refractivity contribution >= 4 is 27.8 Å². The molecule has 2 aromatic rings. The molecule has 0 spiro atoms. The topological polar surface area (TPSA) is 51.4 Å². The molecule has 18 heavy (non-hydrogen) atoms. The largest absolute Gasteiger partial charge is 0.375 e. The van der Waals surface area contributed by atoms with Crippen LogP contribution in [-0.4, -0.2) is 29.6 Å². The minimum absolute atomic E-state index is 0.204. The summed E-state index contributed by atoms with van der Waals surface area (Å²) >= 11 is 3.29. The molecule has 2 aromatic heterocycles. The number of nitrogen functional groups attached to an aromatic ring is 1. The van der Waals surface area contributed by atoms with E-state index < -0.39 is 0 Å². The number of hydrogen-bond acceptors (Lipinski definition) is 6. The summed E-state index contributed by atoms with van der Waals surface area (Å²) in [6.07, 6.45) is 2.07. The van der Waals surface area contributed by atoms with Crippen molar-refractivity contribution in [2.75, 3.05) is 25.4 Å². The molecule has 0 aromatic carbocycles. The molecule has 3 heterocycles. The van der Waals surface area contributed by atoms with Crippen molar-refractivity contribution in [3.8, 4) is 0 Å². The quantitative estimate of drug-likeness (QED) is 0.938. The maximum atomic E-state index is 5.82. The lowest BCUT2D eigenvalue weighted by atomic mass is 10.1. The fraction of sp³-hybridized carbons (Fsp3) is 0.417. The Balaban J connectivity index is 1.63. The highest BCUT2D eigenvalue weighted by Crippen LogP contribution is 2.26. The SMILES string of the molecule is Nc1ncc(CN2CCOC(c3ccsc3)C2)s1. The average molecular weight is 281 g/mol. The molecular weight excluding hydrogens is 266 g/mol. The van der Waals surface area contributed by atoms with Crippen LogP contribution in [0.5, 0.6) is 0 Å². The zero-order valence-electron chi connectivity index (χ0n) is 9.91. The number of thiazole rings is 1. The van der Waals surface area contributed by atoms with Gasteiger partial charge in [0.2, 0.25) is 0 Å². The Morgan fingerprint density at radius 3 is 3.22 bits per heavy atom. The third kappa shape index (κ3) is 2.72. The third-order valence-corrected chi connectivity index (χ3v) is 4.53. The van der Waals surface area contributed by atoms with E-state index in [-0.39, 0.29) is 6.10 Å². The van der Waals surface area contributed by atoms with Crippen LogP contribution in [0.4, 0.5) is 5.13 Å². The van der Waals surface area contributed by atoms with Crippen molar-refractivity contribution < 1.29 is 4.74 Å². The Bertz CT molecular complexity index is 497. The van der Waals surface area contributed by atoms with Crippen LogP contribution in [0.3, 0.4) is 0 Å². The van der Waals surface area contributed by atoms with Crippen LogP contribution in [0.1, 0.15) is 16.5 Å². The minimum atomic E-state index is 0.204. The lowest BCUT2D eigenvalue weighted by Gasteiger charge is -2.32. The second-order valence-electron chi connectivity index (χ2n) is 4.32. The summed E-state index contributed by atoms with van der Waals surface area (Å²) in [4.78, 5) is 7.71. The van der Waals surface area contributed by atoms with E-state index in [1.54, 1.807) is 22.7 Å². The highest BCUT2D eigenvalue weighted by atomic mass is 32.1. The number of ether oxygens (including phenoxy) is 1. The standard InChI is InChI=1S/C12H15N3OS2/c13-12-14-5-10(18-12)6-15-2-3-16-11(7-15)9-1-4-17-8-9/h1,4-5,8,11H,2-3,6-7H2,(H2,13,14). The van der Waals surface area contributed by atoms with Gasteiger partial charge in [0, 0.05) is 30.7 Å². The van der Waals surface area contributed by atoms with Gasteiger partial charge >= 0.3 is 0 Å². The van der Waals surface area contributed by atoms with Crippen LogP contribution >= 0.6 is 22.7 Å². The summed E-state index contributed by atoms with van der Waals surface area (Å²) in [5.74, 6) is 0. The van der Waals surface area contributed by atoms with Crippen LogP contribution in [0, 0.1) is 0 Å². The Labute approximate surface area is 114 Å². The summed E-state index contributed by atoms with van der Waals surface area (Å²) in [7, 11) is 0. The van der Waals surface area contributed by atoms with E-state index in [1.807, 2.05) is 6.20 Å². The maximum absolute atomic E-state index is 5.82. The first kappa shape index (κ1) is 12.1. The first-order chi connectivity index (χ1) is 8.81. The molecule has 0 saturated carbocycles. The lowest BCUT2D eigenvalue weighted by Crippen LogP contribution is -2.37. The Hall–Kier alpha value is -0.950. The van der Waals surface area contributed by atoms with Crippen LogP contribution in [-0.2, 0) is 11.3 Å². The predicted octanol–water partition coefficient (Wildman–Crippen LogP) is 2.36. The normalized spacial score (nSPS) is 21.2. The summed E-state index contributed by atoms with van der Waals surface area (Å²) in [5, 5.41) is 4.91. The van der Waals surface area contributed by atoms with Crippen molar-refractivity contribution in [2.45, 2.75) is 12.6 Å². The van der Waals surface area contributed by atoms with E-state index >= 15 is 0 Å². The Kier molecular flexibility index (Phi) is 3.60. The Morgan fingerprint density at radius 2 is 2.50 bits per heavy atom. The van der Waals surface area contributed by atoms with Crippen LogP contribution in [0.15, 0.2) is 23.0 Å². The number of thiophene rings is 1. The number of nitrogens with zero attached hydrogens (tertiary/aromatic N) is 2.